The summed E-state index contributed by atoms with van der Waals surface area (Å²) in [6.45, 7) is 4.16. The third-order valence-electron chi connectivity index (χ3n) is 3.74. The Labute approximate surface area is 97.2 Å². The number of rotatable bonds is 6. The van der Waals surface area contributed by atoms with Crippen LogP contribution in [0.4, 0.5) is 0 Å². The smallest absolute Gasteiger partial charge is 0.0534 e. The molecule has 2 aliphatic carbocycles. The van der Waals surface area contributed by atoms with Crippen molar-refractivity contribution < 1.29 is 0 Å². The molecule has 0 atom stereocenters. The van der Waals surface area contributed by atoms with Crippen LogP contribution < -0.4 is 5.32 Å². The summed E-state index contributed by atoms with van der Waals surface area (Å²) in [7, 11) is 0. The highest BCUT2D eigenvalue weighted by molar-refractivity contribution is 4.99. The fourth-order valence-corrected chi connectivity index (χ4v) is 2.56. The number of aryl methyl sites for hydroxylation is 1. The molecule has 2 fully saturated rings. The van der Waals surface area contributed by atoms with Crippen LogP contribution in [-0.2, 0) is 6.54 Å². The van der Waals surface area contributed by atoms with E-state index < -0.39 is 0 Å². The van der Waals surface area contributed by atoms with Crippen molar-refractivity contribution in [2.24, 2.45) is 11.8 Å². The highest BCUT2D eigenvalue weighted by atomic mass is 15.3. The second-order valence-corrected chi connectivity index (χ2v) is 5.44. The summed E-state index contributed by atoms with van der Waals surface area (Å²) in [4.78, 5) is 0. The molecule has 0 amide bonds. The maximum atomic E-state index is 4.31. The lowest BCUT2D eigenvalue weighted by Gasteiger charge is -2.17. The predicted octanol–water partition coefficient (Wildman–Crippen LogP) is 1.97. The lowest BCUT2D eigenvalue weighted by molar-refractivity contribution is 0.400. The van der Waals surface area contributed by atoms with Crippen LogP contribution >= 0.6 is 0 Å². The average Bonchev–Trinajstić information content (AvgIpc) is 3.15. The molecule has 1 heterocycles. The molecule has 0 aromatic carbocycles. The molecule has 0 aliphatic heterocycles. The van der Waals surface area contributed by atoms with E-state index in [-0.39, 0.29) is 0 Å². The minimum absolute atomic E-state index is 0.816. The molecule has 0 spiro atoms. The summed E-state index contributed by atoms with van der Waals surface area (Å²) < 4.78 is 2.04. The van der Waals surface area contributed by atoms with Crippen molar-refractivity contribution in [2.45, 2.75) is 45.2 Å². The lowest BCUT2D eigenvalue weighted by atomic mass is 10.1. The van der Waals surface area contributed by atoms with E-state index in [1.165, 1.54) is 31.2 Å². The summed E-state index contributed by atoms with van der Waals surface area (Å²) in [5, 5.41) is 8.05. The van der Waals surface area contributed by atoms with Gasteiger partial charge in [-0.1, -0.05) is 0 Å². The van der Waals surface area contributed by atoms with Crippen LogP contribution in [0.2, 0.25) is 0 Å². The van der Waals surface area contributed by atoms with Crippen LogP contribution in [0.25, 0.3) is 0 Å². The second kappa shape index (κ2) is 4.21. The highest BCUT2D eigenvalue weighted by Gasteiger charge is 2.40. The van der Waals surface area contributed by atoms with E-state index in [1.54, 1.807) is 0 Å². The molecule has 0 radical (unpaired) electrons. The molecule has 3 nitrogen and oxygen atoms in total. The first-order valence-electron chi connectivity index (χ1n) is 6.55. The monoisotopic (exact) mass is 219 g/mol. The molecule has 3 heteroatoms. The van der Waals surface area contributed by atoms with Gasteiger partial charge in [-0.2, -0.15) is 5.10 Å². The Balaban J connectivity index is 1.44. The van der Waals surface area contributed by atoms with Crippen LogP contribution in [0.15, 0.2) is 12.4 Å². The summed E-state index contributed by atoms with van der Waals surface area (Å²) >= 11 is 0. The average molecular weight is 219 g/mol. The summed E-state index contributed by atoms with van der Waals surface area (Å²) in [6.07, 6.45) is 9.86. The minimum atomic E-state index is 0.816. The fraction of sp³-hybridized carbons (Fsp3) is 0.769. The molecule has 1 aromatic rings. The molecule has 16 heavy (non-hydrogen) atoms. The van der Waals surface area contributed by atoms with Crippen LogP contribution in [-0.4, -0.2) is 22.4 Å². The van der Waals surface area contributed by atoms with E-state index in [0.29, 0.717) is 0 Å². The first-order valence-corrected chi connectivity index (χ1v) is 6.55. The Kier molecular flexibility index (Phi) is 2.72. The summed E-state index contributed by atoms with van der Waals surface area (Å²) in [5.41, 5.74) is 1.25. The molecular weight excluding hydrogens is 198 g/mol. The van der Waals surface area contributed by atoms with Crippen LogP contribution in [0.5, 0.6) is 0 Å². The molecule has 0 bridgehead atoms. The first kappa shape index (κ1) is 10.3. The maximum Gasteiger partial charge on any atom is 0.0534 e. The van der Waals surface area contributed by atoms with E-state index in [2.05, 4.69) is 23.5 Å². The van der Waals surface area contributed by atoms with Crippen molar-refractivity contribution in [1.29, 1.82) is 0 Å². The zero-order chi connectivity index (χ0) is 11.0. The Bertz CT molecular complexity index is 338. The minimum Gasteiger partial charge on any atom is -0.312 e. The predicted molar refractivity (Wildman–Crippen MR) is 64.2 cm³/mol. The van der Waals surface area contributed by atoms with Gasteiger partial charge in [0.15, 0.2) is 0 Å². The zero-order valence-corrected chi connectivity index (χ0v) is 10.0. The number of nitrogens with one attached hydrogen (secondary N) is 1. The Hall–Kier alpha value is -0.830. The van der Waals surface area contributed by atoms with Crippen LogP contribution in [0, 0.1) is 18.8 Å². The van der Waals surface area contributed by atoms with E-state index >= 15 is 0 Å². The number of aromatic nitrogens is 2. The molecule has 0 unspecified atom stereocenters. The third-order valence-corrected chi connectivity index (χ3v) is 3.74. The molecule has 2 saturated carbocycles. The van der Waals surface area contributed by atoms with Crippen molar-refractivity contribution in [3.8, 4) is 0 Å². The fourth-order valence-electron chi connectivity index (χ4n) is 2.56. The SMILES string of the molecule is Cc1cnn(CCNC(C2CC2)C2CC2)c1. The van der Waals surface area contributed by atoms with Gasteiger partial charge in [-0.25, -0.2) is 0 Å². The van der Waals surface area contributed by atoms with Gasteiger partial charge in [-0.3, -0.25) is 4.68 Å². The Morgan fingerprint density at radius 2 is 2.06 bits per heavy atom. The number of nitrogens with zero attached hydrogens (tertiary/aromatic N) is 2. The number of hydrogen-bond donors (Lipinski definition) is 1. The van der Waals surface area contributed by atoms with E-state index in [9.17, 15) is 0 Å². The molecule has 1 aromatic heterocycles. The van der Waals surface area contributed by atoms with Crippen molar-refractivity contribution in [3.63, 3.8) is 0 Å². The number of hydrogen-bond acceptors (Lipinski definition) is 2. The molecule has 0 saturated heterocycles. The van der Waals surface area contributed by atoms with E-state index in [0.717, 1.165) is 31.0 Å². The summed E-state index contributed by atoms with van der Waals surface area (Å²) in [6, 6.07) is 0.816. The van der Waals surface area contributed by atoms with Gasteiger partial charge in [0.1, 0.15) is 0 Å². The van der Waals surface area contributed by atoms with E-state index in [4.69, 9.17) is 0 Å². The zero-order valence-electron chi connectivity index (χ0n) is 10.0. The maximum absolute atomic E-state index is 4.31. The van der Waals surface area contributed by atoms with Gasteiger partial charge >= 0.3 is 0 Å². The lowest BCUT2D eigenvalue weighted by Crippen LogP contribution is -2.35. The summed E-state index contributed by atoms with van der Waals surface area (Å²) in [5.74, 6) is 1.98. The van der Waals surface area contributed by atoms with Gasteiger partial charge in [0.25, 0.3) is 0 Å². The molecule has 88 valence electrons. The van der Waals surface area contributed by atoms with Gasteiger partial charge < -0.3 is 5.32 Å². The van der Waals surface area contributed by atoms with Gasteiger partial charge in [0.05, 0.1) is 12.7 Å². The van der Waals surface area contributed by atoms with Crippen molar-refractivity contribution in [3.05, 3.63) is 18.0 Å². The van der Waals surface area contributed by atoms with Crippen molar-refractivity contribution in [1.82, 2.24) is 15.1 Å². The van der Waals surface area contributed by atoms with Gasteiger partial charge in [-0.05, 0) is 50.0 Å². The van der Waals surface area contributed by atoms with Crippen LogP contribution in [0.3, 0.4) is 0 Å². The van der Waals surface area contributed by atoms with E-state index in [1.807, 2.05) is 10.9 Å². The normalized spacial score (nSPS) is 20.6. The molecular formula is C13H21N3. The van der Waals surface area contributed by atoms with Gasteiger partial charge in [-0.15, -0.1) is 0 Å². The standard InChI is InChI=1S/C13H21N3/c1-10-8-15-16(9-10)7-6-14-13(11-2-3-11)12-4-5-12/h8-9,11-14H,2-7H2,1H3. The van der Waals surface area contributed by atoms with Crippen LogP contribution in [0.1, 0.15) is 31.2 Å². The Morgan fingerprint density at radius 1 is 1.38 bits per heavy atom. The quantitative estimate of drug-likeness (QED) is 0.792. The van der Waals surface area contributed by atoms with Gasteiger partial charge in [0.2, 0.25) is 0 Å². The molecule has 3 rings (SSSR count). The first-order chi connectivity index (χ1) is 7.83. The molecule has 1 N–H and O–H groups in total. The van der Waals surface area contributed by atoms with Gasteiger partial charge in [0, 0.05) is 18.8 Å². The largest absolute Gasteiger partial charge is 0.312 e. The highest BCUT2D eigenvalue weighted by Crippen LogP contribution is 2.44. The molecule has 2 aliphatic rings. The van der Waals surface area contributed by atoms with Crippen molar-refractivity contribution >= 4 is 0 Å². The second-order valence-electron chi connectivity index (χ2n) is 5.44. The third kappa shape index (κ3) is 2.46. The topological polar surface area (TPSA) is 29.9 Å². The Morgan fingerprint density at radius 3 is 2.56 bits per heavy atom. The van der Waals surface area contributed by atoms with Crippen molar-refractivity contribution in [2.75, 3.05) is 6.54 Å².